The molecular formula is C26H20N2O4S2. The normalized spacial score (nSPS) is 17.1. The van der Waals surface area contributed by atoms with Gasteiger partial charge < -0.3 is 10.1 Å². The molecule has 6 nitrogen and oxygen atoms in total. The summed E-state index contributed by atoms with van der Waals surface area (Å²) in [7, 11) is -3.88. The summed E-state index contributed by atoms with van der Waals surface area (Å²) >= 11 is 1.11. The van der Waals surface area contributed by atoms with Gasteiger partial charge in [0.1, 0.15) is 17.0 Å². The summed E-state index contributed by atoms with van der Waals surface area (Å²) in [5, 5.41) is 4.14. The van der Waals surface area contributed by atoms with Crippen LogP contribution in [0.15, 0.2) is 107 Å². The molecule has 170 valence electrons. The van der Waals surface area contributed by atoms with Crippen molar-refractivity contribution in [1.82, 2.24) is 10.0 Å². The van der Waals surface area contributed by atoms with Gasteiger partial charge in [0.15, 0.2) is 0 Å². The van der Waals surface area contributed by atoms with E-state index in [2.05, 4.69) is 10.0 Å². The van der Waals surface area contributed by atoms with E-state index in [1.807, 2.05) is 72.8 Å². The van der Waals surface area contributed by atoms with Crippen LogP contribution in [-0.4, -0.2) is 19.8 Å². The number of nitrogens with one attached hydrogen (secondary N) is 2. The molecule has 4 aromatic rings. The molecule has 0 spiro atoms. The minimum absolute atomic E-state index is 0.166. The number of benzene rings is 4. The maximum atomic E-state index is 13.1. The molecule has 0 aliphatic carbocycles. The average Bonchev–Trinajstić information content (AvgIpc) is 3.18. The second kappa shape index (κ2) is 9.34. The van der Waals surface area contributed by atoms with Gasteiger partial charge in [-0.05, 0) is 35.7 Å². The van der Waals surface area contributed by atoms with Crippen LogP contribution in [0.3, 0.4) is 0 Å². The van der Waals surface area contributed by atoms with Crippen LogP contribution < -0.4 is 14.8 Å². The first-order valence-electron chi connectivity index (χ1n) is 10.5. The highest BCUT2D eigenvalue weighted by Crippen LogP contribution is 2.33. The Balaban J connectivity index is 1.37. The summed E-state index contributed by atoms with van der Waals surface area (Å²) in [5.74, 6) is 0.914. The van der Waals surface area contributed by atoms with Gasteiger partial charge in [-0.15, -0.1) is 0 Å². The second-order valence-electron chi connectivity index (χ2n) is 7.53. The van der Waals surface area contributed by atoms with Crippen LogP contribution in [0.2, 0.25) is 0 Å². The molecule has 34 heavy (non-hydrogen) atoms. The van der Waals surface area contributed by atoms with Gasteiger partial charge in [0.2, 0.25) is 10.0 Å². The summed E-state index contributed by atoms with van der Waals surface area (Å²) in [6.45, 7) is 0. The van der Waals surface area contributed by atoms with Gasteiger partial charge in [0, 0.05) is 10.9 Å². The van der Waals surface area contributed by atoms with Crippen LogP contribution in [0.4, 0.5) is 0 Å². The molecule has 0 radical (unpaired) electrons. The summed E-state index contributed by atoms with van der Waals surface area (Å²) in [6, 6.07) is 29.1. The number of rotatable bonds is 6. The number of hydrogen-bond donors (Lipinski definition) is 2. The highest BCUT2D eigenvalue weighted by molar-refractivity contribution is 8.05. The molecule has 5 rings (SSSR count). The van der Waals surface area contributed by atoms with Crippen LogP contribution >= 0.6 is 11.8 Å². The molecule has 8 heteroatoms. The number of carbonyl (C=O) groups excluding carboxylic acids is 1. The third-order valence-corrected chi connectivity index (χ3v) is 7.87. The van der Waals surface area contributed by atoms with E-state index in [-0.39, 0.29) is 10.8 Å². The quantitative estimate of drug-likeness (QED) is 0.369. The van der Waals surface area contributed by atoms with Crippen LogP contribution in [-0.2, 0) is 14.8 Å². The lowest BCUT2D eigenvalue weighted by Gasteiger charge is -2.13. The average molecular weight is 489 g/mol. The van der Waals surface area contributed by atoms with Crippen molar-refractivity contribution >= 4 is 44.5 Å². The van der Waals surface area contributed by atoms with Crippen LogP contribution in [0.25, 0.3) is 16.8 Å². The fourth-order valence-corrected chi connectivity index (χ4v) is 6.19. The van der Waals surface area contributed by atoms with Crippen molar-refractivity contribution in [1.29, 1.82) is 0 Å². The minimum atomic E-state index is -3.88. The molecule has 4 aromatic carbocycles. The highest BCUT2D eigenvalue weighted by Gasteiger charge is 2.31. The Labute approximate surface area is 201 Å². The first-order chi connectivity index (χ1) is 16.5. The van der Waals surface area contributed by atoms with Gasteiger partial charge in [-0.1, -0.05) is 84.6 Å². The summed E-state index contributed by atoms with van der Waals surface area (Å²) in [5.41, 5.74) is -0.119. The number of para-hydroxylation sites is 2. The fourth-order valence-electron chi connectivity index (χ4n) is 3.64. The van der Waals surface area contributed by atoms with Crippen molar-refractivity contribution in [2.75, 3.05) is 0 Å². The fraction of sp³-hybridized carbons (Fsp3) is 0.0385. The lowest BCUT2D eigenvalue weighted by molar-refractivity contribution is -0.116. The predicted octanol–water partition coefficient (Wildman–Crippen LogP) is 5.10. The van der Waals surface area contributed by atoms with Crippen LogP contribution in [0.5, 0.6) is 11.5 Å². The summed E-state index contributed by atoms with van der Waals surface area (Å²) in [4.78, 5) is 13.2. The topological polar surface area (TPSA) is 84.5 Å². The first-order valence-corrected chi connectivity index (χ1v) is 12.9. The highest BCUT2D eigenvalue weighted by atomic mass is 32.2. The van der Waals surface area contributed by atoms with E-state index in [0.717, 1.165) is 17.1 Å². The Morgan fingerprint density at radius 3 is 2.41 bits per heavy atom. The van der Waals surface area contributed by atoms with Crippen molar-refractivity contribution in [3.05, 3.63) is 108 Å². The van der Waals surface area contributed by atoms with Crippen LogP contribution in [0, 0.1) is 0 Å². The van der Waals surface area contributed by atoms with Crippen LogP contribution in [0.1, 0.15) is 5.56 Å². The van der Waals surface area contributed by atoms with E-state index in [9.17, 15) is 13.2 Å². The van der Waals surface area contributed by atoms with E-state index in [1.54, 1.807) is 30.3 Å². The zero-order valence-electron chi connectivity index (χ0n) is 17.8. The van der Waals surface area contributed by atoms with Gasteiger partial charge >= 0.3 is 0 Å². The molecule has 1 saturated heterocycles. The Morgan fingerprint density at radius 1 is 0.853 bits per heavy atom. The first kappa shape index (κ1) is 22.2. The van der Waals surface area contributed by atoms with Crippen molar-refractivity contribution in [3.63, 3.8) is 0 Å². The molecule has 1 heterocycles. The monoisotopic (exact) mass is 488 g/mol. The van der Waals surface area contributed by atoms with E-state index in [4.69, 9.17) is 4.74 Å². The van der Waals surface area contributed by atoms with Gasteiger partial charge in [-0.25, -0.2) is 8.42 Å². The number of hydrogen-bond acceptors (Lipinski definition) is 5. The minimum Gasteiger partial charge on any atom is -0.457 e. The molecule has 1 fully saturated rings. The van der Waals surface area contributed by atoms with Crippen molar-refractivity contribution in [2.24, 2.45) is 0 Å². The molecule has 0 aromatic heterocycles. The molecule has 2 N–H and O–H groups in total. The molecule has 0 saturated carbocycles. The molecule has 1 aliphatic rings. The number of ether oxygens (including phenoxy) is 1. The Morgan fingerprint density at radius 2 is 1.56 bits per heavy atom. The summed E-state index contributed by atoms with van der Waals surface area (Å²) in [6.07, 6.45) is 1.70. The Bertz CT molecular complexity index is 1500. The third kappa shape index (κ3) is 4.70. The smallest absolute Gasteiger partial charge is 0.259 e. The molecule has 1 amide bonds. The number of fused-ring (bicyclic) bond motifs is 1. The number of carbonyl (C=O) groups is 1. The van der Waals surface area contributed by atoms with E-state index in [0.29, 0.717) is 27.4 Å². The van der Waals surface area contributed by atoms with E-state index < -0.39 is 15.5 Å². The zero-order chi connectivity index (χ0) is 23.5. The van der Waals surface area contributed by atoms with Gasteiger partial charge in [-0.2, -0.15) is 4.72 Å². The maximum absolute atomic E-state index is 13.1. The number of amides is 1. The van der Waals surface area contributed by atoms with Gasteiger partial charge in [0.05, 0.1) is 9.80 Å². The molecule has 1 atom stereocenters. The van der Waals surface area contributed by atoms with E-state index in [1.165, 1.54) is 0 Å². The predicted molar refractivity (Wildman–Crippen MR) is 135 cm³/mol. The standard InChI is InChI=1S/C26H20N2O4S2/c29-25-23(17-19-10-5-7-15-22(19)32-20-12-2-1-3-13-20)33-26(27-25)28-34(30,31)24-16-8-11-18-9-4-6-14-21(18)24/h1-17,26,28H,(H,27,29)/b23-17-. The Hall–Kier alpha value is -3.59. The number of thioether (sulfide) groups is 1. The molecule has 1 unspecified atom stereocenters. The second-order valence-corrected chi connectivity index (χ2v) is 10.4. The zero-order valence-corrected chi connectivity index (χ0v) is 19.5. The SMILES string of the molecule is O=C1NC(NS(=O)(=O)c2cccc3ccccc23)S/C1=C\c1ccccc1Oc1ccccc1. The van der Waals surface area contributed by atoms with Gasteiger partial charge in [0.25, 0.3) is 5.91 Å². The van der Waals surface area contributed by atoms with Crippen molar-refractivity contribution < 1.29 is 17.9 Å². The van der Waals surface area contributed by atoms with E-state index >= 15 is 0 Å². The third-order valence-electron chi connectivity index (χ3n) is 5.21. The van der Waals surface area contributed by atoms with Gasteiger partial charge in [-0.3, -0.25) is 4.79 Å². The molecular weight excluding hydrogens is 468 g/mol. The largest absolute Gasteiger partial charge is 0.457 e. The lowest BCUT2D eigenvalue weighted by atomic mass is 10.1. The van der Waals surface area contributed by atoms with Crippen molar-refractivity contribution in [2.45, 2.75) is 10.4 Å². The molecule has 0 bridgehead atoms. The maximum Gasteiger partial charge on any atom is 0.259 e. The van der Waals surface area contributed by atoms with Crippen molar-refractivity contribution in [3.8, 4) is 11.5 Å². The number of sulfonamides is 1. The Kier molecular flexibility index (Phi) is 6.10. The molecule has 1 aliphatic heterocycles. The lowest BCUT2D eigenvalue weighted by Crippen LogP contribution is -2.41. The summed E-state index contributed by atoms with van der Waals surface area (Å²) < 4.78 is 34.8.